The van der Waals surface area contributed by atoms with Crippen LogP contribution in [0.25, 0.3) is 0 Å². The van der Waals surface area contributed by atoms with Crippen LogP contribution in [0.15, 0.2) is 6.07 Å². The monoisotopic (exact) mass is 167 g/mol. The van der Waals surface area contributed by atoms with Crippen molar-refractivity contribution in [2.24, 2.45) is 0 Å². The molecule has 0 fully saturated rings. The number of aromatic nitrogens is 1. The molecule has 0 saturated carbocycles. The maximum absolute atomic E-state index is 11.0. The molecule has 0 amide bonds. The first-order valence-corrected chi connectivity index (χ1v) is 3.42. The highest BCUT2D eigenvalue weighted by molar-refractivity contribution is 5.96. The quantitative estimate of drug-likeness (QED) is 0.526. The number of aryl methyl sites for hydroxylation is 1. The summed E-state index contributed by atoms with van der Waals surface area (Å²) in [5.41, 5.74) is 1.31. The first-order chi connectivity index (χ1) is 5.69. The van der Waals surface area contributed by atoms with Gasteiger partial charge in [-0.2, -0.15) is 0 Å². The van der Waals surface area contributed by atoms with Gasteiger partial charge < -0.3 is 9.72 Å². The molecular formula is C8H9NO3. The number of carbonyl (C=O) groups is 2. The lowest BCUT2D eigenvalue weighted by Crippen LogP contribution is -2.04. The van der Waals surface area contributed by atoms with E-state index in [9.17, 15) is 9.59 Å². The van der Waals surface area contributed by atoms with Crippen molar-refractivity contribution in [3.63, 3.8) is 0 Å². The highest BCUT2D eigenvalue weighted by atomic mass is 16.5. The summed E-state index contributed by atoms with van der Waals surface area (Å²) < 4.78 is 4.46. The summed E-state index contributed by atoms with van der Waals surface area (Å²) in [6, 6.07) is 1.60. The van der Waals surface area contributed by atoms with Crippen LogP contribution in [0, 0.1) is 6.92 Å². The minimum atomic E-state index is -0.523. The van der Waals surface area contributed by atoms with Crippen LogP contribution >= 0.6 is 0 Å². The van der Waals surface area contributed by atoms with Crippen LogP contribution in [0.3, 0.4) is 0 Å². The van der Waals surface area contributed by atoms with Crippen molar-refractivity contribution in [2.45, 2.75) is 6.92 Å². The van der Waals surface area contributed by atoms with Gasteiger partial charge in [-0.05, 0) is 13.0 Å². The standard InChI is InChI=1S/C8H9NO3/c1-5-3-6(4-10)7(9-5)8(11)12-2/h3-4,9H,1-2H3. The third-order valence-corrected chi connectivity index (χ3v) is 1.50. The van der Waals surface area contributed by atoms with Crippen LogP contribution in [0.4, 0.5) is 0 Å². The molecule has 0 saturated heterocycles. The fourth-order valence-electron chi connectivity index (χ4n) is 0.975. The molecule has 0 aliphatic rings. The van der Waals surface area contributed by atoms with Crippen LogP contribution in [0.1, 0.15) is 26.5 Å². The van der Waals surface area contributed by atoms with E-state index in [1.807, 2.05) is 0 Å². The molecule has 0 radical (unpaired) electrons. The average Bonchev–Trinajstić information content (AvgIpc) is 2.45. The molecule has 0 spiro atoms. The van der Waals surface area contributed by atoms with Gasteiger partial charge in [0.1, 0.15) is 5.69 Å². The number of aldehydes is 1. The highest BCUT2D eigenvalue weighted by Crippen LogP contribution is 2.08. The molecule has 0 atom stereocenters. The molecule has 0 unspecified atom stereocenters. The van der Waals surface area contributed by atoms with E-state index in [2.05, 4.69) is 9.72 Å². The second kappa shape index (κ2) is 3.21. The number of H-pyrrole nitrogens is 1. The maximum atomic E-state index is 11.0. The molecule has 4 nitrogen and oxygen atoms in total. The Morgan fingerprint density at radius 1 is 1.67 bits per heavy atom. The van der Waals surface area contributed by atoms with Crippen LogP contribution < -0.4 is 0 Å². The lowest BCUT2D eigenvalue weighted by molar-refractivity contribution is 0.0592. The molecule has 1 rings (SSSR count). The third kappa shape index (κ3) is 1.37. The summed E-state index contributed by atoms with van der Waals surface area (Å²) in [6.45, 7) is 1.76. The number of nitrogens with one attached hydrogen (secondary N) is 1. The minimum absolute atomic E-state index is 0.213. The van der Waals surface area contributed by atoms with Crippen LogP contribution in [0.5, 0.6) is 0 Å². The van der Waals surface area contributed by atoms with Crippen LogP contribution in [-0.2, 0) is 4.74 Å². The second-order valence-corrected chi connectivity index (χ2v) is 2.39. The Labute approximate surface area is 69.5 Å². The predicted molar refractivity (Wildman–Crippen MR) is 42.3 cm³/mol. The lowest BCUT2D eigenvalue weighted by Gasteiger charge is -1.94. The molecule has 0 aliphatic heterocycles. The number of hydrogen-bond acceptors (Lipinski definition) is 3. The predicted octanol–water partition coefficient (Wildman–Crippen LogP) is 0.922. The molecule has 4 heteroatoms. The minimum Gasteiger partial charge on any atom is -0.464 e. The van der Waals surface area contributed by atoms with E-state index in [-0.39, 0.29) is 5.69 Å². The molecule has 0 aliphatic carbocycles. The van der Waals surface area contributed by atoms with Gasteiger partial charge in [0.05, 0.1) is 7.11 Å². The number of rotatable bonds is 2. The van der Waals surface area contributed by atoms with Crippen molar-refractivity contribution in [1.82, 2.24) is 4.98 Å². The van der Waals surface area contributed by atoms with E-state index < -0.39 is 5.97 Å². The van der Waals surface area contributed by atoms with Gasteiger partial charge in [0.2, 0.25) is 0 Å². The summed E-state index contributed by atoms with van der Waals surface area (Å²) in [6.07, 6.45) is 0.621. The Morgan fingerprint density at radius 2 is 2.33 bits per heavy atom. The zero-order chi connectivity index (χ0) is 9.14. The van der Waals surface area contributed by atoms with Crippen LogP contribution in [0.2, 0.25) is 0 Å². The smallest absolute Gasteiger partial charge is 0.355 e. The molecule has 12 heavy (non-hydrogen) atoms. The van der Waals surface area contributed by atoms with Gasteiger partial charge in [0.15, 0.2) is 6.29 Å². The number of hydrogen-bond donors (Lipinski definition) is 1. The molecule has 0 bridgehead atoms. The van der Waals surface area contributed by atoms with Crippen molar-refractivity contribution in [2.75, 3.05) is 7.11 Å². The second-order valence-electron chi connectivity index (χ2n) is 2.39. The van der Waals surface area contributed by atoms with E-state index in [0.29, 0.717) is 11.8 Å². The van der Waals surface area contributed by atoms with Gasteiger partial charge in [0, 0.05) is 11.3 Å². The zero-order valence-electron chi connectivity index (χ0n) is 6.88. The summed E-state index contributed by atoms with van der Waals surface area (Å²) in [5, 5.41) is 0. The fraction of sp³-hybridized carbons (Fsp3) is 0.250. The molecule has 1 aromatic rings. The zero-order valence-corrected chi connectivity index (χ0v) is 6.88. The van der Waals surface area contributed by atoms with E-state index in [0.717, 1.165) is 5.69 Å². The lowest BCUT2D eigenvalue weighted by atomic mass is 10.2. The topological polar surface area (TPSA) is 59.2 Å². The SMILES string of the molecule is COC(=O)c1[nH]c(C)cc1C=O. The summed E-state index contributed by atoms with van der Waals surface area (Å²) in [5.74, 6) is -0.523. The largest absolute Gasteiger partial charge is 0.464 e. The first-order valence-electron chi connectivity index (χ1n) is 3.42. The molecule has 1 aromatic heterocycles. The molecule has 0 aromatic carbocycles. The molecular weight excluding hydrogens is 158 g/mol. The molecule has 1 heterocycles. The maximum Gasteiger partial charge on any atom is 0.355 e. The van der Waals surface area contributed by atoms with Gasteiger partial charge in [0.25, 0.3) is 0 Å². The van der Waals surface area contributed by atoms with E-state index in [4.69, 9.17) is 0 Å². The number of carbonyl (C=O) groups excluding carboxylic acids is 2. The average molecular weight is 167 g/mol. The number of ether oxygens (including phenoxy) is 1. The van der Waals surface area contributed by atoms with Crippen molar-refractivity contribution in [3.05, 3.63) is 23.0 Å². The van der Waals surface area contributed by atoms with Crippen LogP contribution in [-0.4, -0.2) is 24.3 Å². The van der Waals surface area contributed by atoms with Crippen molar-refractivity contribution in [3.8, 4) is 0 Å². The number of aromatic amines is 1. The van der Waals surface area contributed by atoms with Crippen molar-refractivity contribution in [1.29, 1.82) is 0 Å². The third-order valence-electron chi connectivity index (χ3n) is 1.50. The Kier molecular flexibility index (Phi) is 2.28. The van der Waals surface area contributed by atoms with Gasteiger partial charge >= 0.3 is 5.97 Å². The van der Waals surface area contributed by atoms with Gasteiger partial charge in [-0.1, -0.05) is 0 Å². The Hall–Kier alpha value is -1.58. The fourth-order valence-corrected chi connectivity index (χ4v) is 0.975. The summed E-state index contributed by atoms with van der Waals surface area (Å²) in [7, 11) is 1.27. The van der Waals surface area contributed by atoms with Crippen molar-refractivity contribution < 1.29 is 14.3 Å². The van der Waals surface area contributed by atoms with Gasteiger partial charge in [-0.15, -0.1) is 0 Å². The summed E-state index contributed by atoms with van der Waals surface area (Å²) >= 11 is 0. The Morgan fingerprint density at radius 3 is 2.83 bits per heavy atom. The number of methoxy groups -OCH3 is 1. The highest BCUT2D eigenvalue weighted by Gasteiger charge is 2.13. The molecule has 1 N–H and O–H groups in total. The normalized spacial score (nSPS) is 9.50. The van der Waals surface area contributed by atoms with E-state index in [1.165, 1.54) is 7.11 Å². The Balaban J connectivity index is 3.12. The summed E-state index contributed by atoms with van der Waals surface area (Å²) in [4.78, 5) is 24.2. The number of esters is 1. The first kappa shape index (κ1) is 8.52. The van der Waals surface area contributed by atoms with Gasteiger partial charge in [-0.3, -0.25) is 4.79 Å². The Bertz CT molecular complexity index is 314. The molecule has 64 valence electrons. The van der Waals surface area contributed by atoms with Gasteiger partial charge in [-0.25, -0.2) is 4.79 Å². The van der Waals surface area contributed by atoms with E-state index in [1.54, 1.807) is 13.0 Å². The van der Waals surface area contributed by atoms with E-state index >= 15 is 0 Å². The van der Waals surface area contributed by atoms with Crippen molar-refractivity contribution >= 4 is 12.3 Å².